The van der Waals surface area contributed by atoms with E-state index < -0.39 is 0 Å². The second-order valence-electron chi connectivity index (χ2n) is 4.41. The fraction of sp³-hybridized carbons (Fsp3) is 0.417. The first-order valence-corrected chi connectivity index (χ1v) is 7.11. The lowest BCUT2D eigenvalue weighted by atomic mass is 10.0. The largest absolute Gasteiger partial charge is 0.506 e. The molecular weight excluding hydrogens is 364 g/mol. The van der Waals surface area contributed by atoms with Crippen LogP contribution in [-0.4, -0.2) is 17.1 Å². The SMILES string of the molecule is CC(C)C(NCc1cc(Br)c(O)c(Br)c1)C(N)=O. The van der Waals surface area contributed by atoms with E-state index in [-0.39, 0.29) is 23.6 Å². The number of nitrogens with two attached hydrogens (primary N) is 1. The fourth-order valence-electron chi connectivity index (χ4n) is 1.61. The van der Waals surface area contributed by atoms with E-state index in [4.69, 9.17) is 5.73 Å². The van der Waals surface area contributed by atoms with Crippen LogP contribution in [0.2, 0.25) is 0 Å². The molecule has 1 atom stereocenters. The van der Waals surface area contributed by atoms with Gasteiger partial charge in [0.25, 0.3) is 0 Å². The first-order chi connectivity index (χ1) is 8.32. The van der Waals surface area contributed by atoms with Crippen molar-refractivity contribution in [2.75, 3.05) is 0 Å². The van der Waals surface area contributed by atoms with Gasteiger partial charge in [0.15, 0.2) is 0 Å². The van der Waals surface area contributed by atoms with Crippen LogP contribution in [0.15, 0.2) is 21.1 Å². The van der Waals surface area contributed by atoms with Crippen LogP contribution >= 0.6 is 31.9 Å². The summed E-state index contributed by atoms with van der Waals surface area (Å²) in [6.07, 6.45) is 0. The molecule has 0 radical (unpaired) electrons. The monoisotopic (exact) mass is 378 g/mol. The smallest absolute Gasteiger partial charge is 0.234 e. The molecule has 0 saturated heterocycles. The average molecular weight is 380 g/mol. The highest BCUT2D eigenvalue weighted by Gasteiger charge is 2.18. The zero-order valence-corrected chi connectivity index (χ0v) is 13.4. The number of amides is 1. The van der Waals surface area contributed by atoms with Gasteiger partial charge in [-0.05, 0) is 55.5 Å². The number of phenols is 1. The van der Waals surface area contributed by atoms with E-state index in [1.807, 2.05) is 13.8 Å². The predicted octanol–water partition coefficient (Wildman–Crippen LogP) is 2.52. The van der Waals surface area contributed by atoms with Gasteiger partial charge in [-0.2, -0.15) is 0 Å². The van der Waals surface area contributed by atoms with Gasteiger partial charge in [0.05, 0.1) is 15.0 Å². The van der Waals surface area contributed by atoms with Gasteiger partial charge in [-0.25, -0.2) is 0 Å². The summed E-state index contributed by atoms with van der Waals surface area (Å²) < 4.78 is 1.21. The molecule has 0 aliphatic rings. The zero-order chi connectivity index (χ0) is 13.9. The van der Waals surface area contributed by atoms with E-state index in [2.05, 4.69) is 37.2 Å². The van der Waals surface area contributed by atoms with E-state index in [1.54, 1.807) is 12.1 Å². The molecule has 100 valence electrons. The Balaban J connectivity index is 2.77. The lowest BCUT2D eigenvalue weighted by Crippen LogP contribution is -2.44. The second kappa shape index (κ2) is 6.54. The van der Waals surface area contributed by atoms with Crippen molar-refractivity contribution < 1.29 is 9.90 Å². The molecule has 6 heteroatoms. The normalized spacial score (nSPS) is 12.7. The van der Waals surface area contributed by atoms with Crippen molar-refractivity contribution in [1.29, 1.82) is 0 Å². The molecule has 0 aromatic heterocycles. The van der Waals surface area contributed by atoms with E-state index >= 15 is 0 Å². The van der Waals surface area contributed by atoms with Crippen molar-refractivity contribution in [3.05, 3.63) is 26.6 Å². The molecule has 0 saturated carbocycles. The summed E-state index contributed by atoms with van der Waals surface area (Å²) in [7, 11) is 0. The van der Waals surface area contributed by atoms with Crippen LogP contribution < -0.4 is 11.1 Å². The van der Waals surface area contributed by atoms with Gasteiger partial charge in [0.1, 0.15) is 5.75 Å². The number of carbonyl (C=O) groups is 1. The van der Waals surface area contributed by atoms with Crippen LogP contribution in [0.3, 0.4) is 0 Å². The van der Waals surface area contributed by atoms with Gasteiger partial charge in [-0.3, -0.25) is 4.79 Å². The van der Waals surface area contributed by atoms with Gasteiger partial charge in [0.2, 0.25) is 5.91 Å². The molecule has 1 rings (SSSR count). The quantitative estimate of drug-likeness (QED) is 0.735. The van der Waals surface area contributed by atoms with Crippen molar-refractivity contribution in [2.45, 2.75) is 26.4 Å². The van der Waals surface area contributed by atoms with E-state index in [9.17, 15) is 9.90 Å². The Hall–Kier alpha value is -0.590. The predicted molar refractivity (Wildman–Crippen MR) is 78.2 cm³/mol. The Kier molecular flexibility index (Phi) is 5.62. The highest BCUT2D eigenvalue weighted by molar-refractivity contribution is 9.11. The van der Waals surface area contributed by atoms with Crippen LogP contribution in [0.25, 0.3) is 0 Å². The maximum atomic E-state index is 11.3. The van der Waals surface area contributed by atoms with E-state index in [0.29, 0.717) is 15.5 Å². The number of aromatic hydroxyl groups is 1. The highest BCUT2D eigenvalue weighted by Crippen LogP contribution is 2.33. The molecule has 1 aromatic rings. The van der Waals surface area contributed by atoms with Gasteiger partial charge in [-0.1, -0.05) is 13.8 Å². The molecule has 18 heavy (non-hydrogen) atoms. The Morgan fingerprint density at radius 1 is 1.39 bits per heavy atom. The Morgan fingerprint density at radius 2 is 1.89 bits per heavy atom. The number of rotatable bonds is 5. The van der Waals surface area contributed by atoms with Gasteiger partial charge in [-0.15, -0.1) is 0 Å². The average Bonchev–Trinajstić information content (AvgIpc) is 2.24. The Morgan fingerprint density at radius 3 is 2.28 bits per heavy atom. The third-order valence-electron chi connectivity index (χ3n) is 2.58. The van der Waals surface area contributed by atoms with Gasteiger partial charge >= 0.3 is 0 Å². The first kappa shape index (κ1) is 15.5. The third-order valence-corrected chi connectivity index (χ3v) is 3.78. The number of carbonyl (C=O) groups excluding carboxylic acids is 1. The summed E-state index contributed by atoms with van der Waals surface area (Å²) in [5.74, 6) is -0.0672. The Labute approximate surface area is 123 Å². The number of nitrogens with one attached hydrogen (secondary N) is 1. The molecule has 0 bridgehead atoms. The molecule has 4 nitrogen and oxygen atoms in total. The summed E-state index contributed by atoms with van der Waals surface area (Å²) in [4.78, 5) is 11.3. The van der Waals surface area contributed by atoms with E-state index in [0.717, 1.165) is 5.56 Å². The van der Waals surface area contributed by atoms with Crippen molar-refractivity contribution >= 4 is 37.8 Å². The fourth-order valence-corrected chi connectivity index (χ4v) is 2.89. The third kappa shape index (κ3) is 3.96. The maximum absolute atomic E-state index is 11.3. The first-order valence-electron chi connectivity index (χ1n) is 5.52. The molecule has 1 unspecified atom stereocenters. The molecule has 0 aliphatic carbocycles. The van der Waals surface area contributed by atoms with Crippen molar-refractivity contribution in [3.8, 4) is 5.75 Å². The molecule has 0 spiro atoms. The molecule has 0 aliphatic heterocycles. The molecule has 1 amide bonds. The number of phenolic OH excluding ortho intramolecular Hbond substituents is 1. The zero-order valence-electron chi connectivity index (χ0n) is 10.2. The topological polar surface area (TPSA) is 75.3 Å². The molecule has 0 heterocycles. The van der Waals surface area contributed by atoms with Crippen LogP contribution in [0, 0.1) is 5.92 Å². The number of primary amides is 1. The van der Waals surface area contributed by atoms with E-state index in [1.165, 1.54) is 0 Å². The van der Waals surface area contributed by atoms with Crippen molar-refractivity contribution in [3.63, 3.8) is 0 Å². The molecule has 1 aromatic carbocycles. The van der Waals surface area contributed by atoms with Gasteiger partial charge < -0.3 is 16.2 Å². The Bertz CT molecular complexity index is 427. The van der Waals surface area contributed by atoms with Crippen LogP contribution in [-0.2, 0) is 11.3 Å². The number of benzene rings is 1. The highest BCUT2D eigenvalue weighted by atomic mass is 79.9. The molecule has 4 N–H and O–H groups in total. The minimum absolute atomic E-state index is 0.131. The maximum Gasteiger partial charge on any atom is 0.234 e. The van der Waals surface area contributed by atoms with Crippen LogP contribution in [0.1, 0.15) is 19.4 Å². The van der Waals surface area contributed by atoms with Crippen LogP contribution in [0.4, 0.5) is 0 Å². The van der Waals surface area contributed by atoms with Gasteiger partial charge in [0, 0.05) is 6.54 Å². The standard InChI is InChI=1S/C12H16Br2N2O2/c1-6(2)10(12(15)18)16-5-7-3-8(13)11(17)9(14)4-7/h3-4,6,10,16-17H,5H2,1-2H3,(H2,15,18). The minimum Gasteiger partial charge on any atom is -0.506 e. The molecule has 0 fully saturated rings. The summed E-state index contributed by atoms with van der Waals surface area (Å²) >= 11 is 6.52. The lowest BCUT2D eigenvalue weighted by Gasteiger charge is -2.19. The van der Waals surface area contributed by atoms with Crippen molar-refractivity contribution in [1.82, 2.24) is 5.32 Å². The summed E-state index contributed by atoms with van der Waals surface area (Å²) in [6.45, 7) is 4.37. The van der Waals surface area contributed by atoms with Crippen molar-refractivity contribution in [2.24, 2.45) is 11.7 Å². The number of halogens is 2. The van der Waals surface area contributed by atoms with Crippen LogP contribution in [0.5, 0.6) is 5.75 Å². The molecular formula is C12H16Br2N2O2. The summed E-state index contributed by atoms with van der Waals surface area (Å²) in [5.41, 5.74) is 6.27. The lowest BCUT2D eigenvalue weighted by molar-refractivity contribution is -0.121. The number of hydrogen-bond donors (Lipinski definition) is 3. The summed E-state index contributed by atoms with van der Waals surface area (Å²) in [5, 5.41) is 12.7. The minimum atomic E-state index is -0.364. The second-order valence-corrected chi connectivity index (χ2v) is 6.12. The summed E-state index contributed by atoms with van der Waals surface area (Å²) in [6, 6.07) is 3.23. The number of hydrogen-bond acceptors (Lipinski definition) is 3.